The van der Waals surface area contributed by atoms with E-state index in [1.165, 1.54) is 31.4 Å². The van der Waals surface area contributed by atoms with Gasteiger partial charge in [0.2, 0.25) is 17.7 Å². The lowest BCUT2D eigenvalue weighted by Gasteiger charge is -2.30. The Kier molecular flexibility index (Phi) is 13.1. The van der Waals surface area contributed by atoms with Crippen LogP contribution in [0.25, 0.3) is 0 Å². The van der Waals surface area contributed by atoms with Gasteiger partial charge in [-0.15, -0.1) is 0 Å². The Bertz CT molecular complexity index is 1910. The van der Waals surface area contributed by atoms with Crippen LogP contribution >= 0.6 is 11.6 Å². The zero-order chi connectivity index (χ0) is 40.6. The van der Waals surface area contributed by atoms with Crippen molar-refractivity contribution < 1.29 is 46.6 Å². The SMILES string of the molecule is COC(=O)[C@@H](CCNC(=O)C(=O)CCC1(CN2CCOCC2)CC1)NC(=O)c1ccc(Nc2nc(NC3(c4ccc(Cl)cc4)CC3)nc(OCC(F)(F)F)n2)cc1. The summed E-state index contributed by atoms with van der Waals surface area (Å²) in [6.45, 7) is 2.33. The third-order valence-electron chi connectivity index (χ3n) is 10.1. The third-order valence-corrected chi connectivity index (χ3v) is 10.4. The highest BCUT2D eigenvalue weighted by atomic mass is 35.5. The minimum atomic E-state index is -4.63. The van der Waals surface area contributed by atoms with Gasteiger partial charge < -0.3 is 35.5 Å². The van der Waals surface area contributed by atoms with Crippen LogP contribution in [0.3, 0.4) is 0 Å². The Morgan fingerprint density at radius 1 is 0.947 bits per heavy atom. The highest BCUT2D eigenvalue weighted by Gasteiger charge is 2.46. The van der Waals surface area contributed by atoms with Crippen molar-refractivity contribution in [1.82, 2.24) is 30.5 Å². The zero-order valence-electron chi connectivity index (χ0n) is 31.3. The quantitative estimate of drug-likeness (QED) is 0.0977. The Morgan fingerprint density at radius 2 is 1.63 bits per heavy atom. The highest BCUT2D eigenvalue weighted by Crippen LogP contribution is 2.50. The number of nitrogens with one attached hydrogen (secondary N) is 4. The van der Waals surface area contributed by atoms with Crippen molar-refractivity contribution >= 4 is 52.8 Å². The standard InChI is InChI=1S/C38H44ClF3N8O7/c1-55-32(54)28(11-17-43-31(53)29(51)10-12-36(13-14-36)22-50-18-20-56-21-19-50)45-30(52)24-2-8-27(9-3-24)44-33-46-34(48-35(47-33)57-23-38(40,41)42)49-37(15-16-37)25-4-6-26(39)7-5-25/h2-9,28H,10-23H2,1H3,(H,43,53)(H,45,52)(H2,44,46,47,48,49)/t28-/m1/s1. The fourth-order valence-electron chi connectivity index (χ4n) is 6.56. The maximum absolute atomic E-state index is 13.1. The number of alkyl halides is 3. The Labute approximate surface area is 331 Å². The number of aromatic nitrogens is 3. The van der Waals surface area contributed by atoms with E-state index in [9.17, 15) is 32.3 Å². The number of rotatable bonds is 19. The lowest BCUT2D eigenvalue weighted by molar-refractivity contribution is -0.154. The van der Waals surface area contributed by atoms with E-state index in [1.54, 1.807) is 12.1 Å². The second-order valence-electron chi connectivity index (χ2n) is 14.5. The number of methoxy groups -OCH3 is 1. The van der Waals surface area contributed by atoms with Gasteiger partial charge in [0.05, 0.1) is 25.9 Å². The van der Waals surface area contributed by atoms with E-state index >= 15 is 0 Å². The van der Waals surface area contributed by atoms with Crippen molar-refractivity contribution in [3.05, 3.63) is 64.7 Å². The Balaban J connectivity index is 1.02. The number of ether oxygens (including phenoxy) is 3. The molecule has 0 unspecified atom stereocenters. The van der Waals surface area contributed by atoms with Crippen LogP contribution in [-0.2, 0) is 29.4 Å². The molecule has 3 aromatic rings. The summed E-state index contributed by atoms with van der Waals surface area (Å²) in [5.41, 5.74) is 0.940. The fraction of sp³-hybridized carbons (Fsp3) is 0.500. The highest BCUT2D eigenvalue weighted by molar-refractivity contribution is 6.36. The molecule has 0 radical (unpaired) electrons. The average Bonchev–Trinajstić information content (AvgIpc) is 4.14. The third kappa shape index (κ3) is 12.0. The van der Waals surface area contributed by atoms with Crippen LogP contribution in [0.5, 0.6) is 6.01 Å². The number of nitrogens with zero attached hydrogens (tertiary/aromatic N) is 4. The number of esters is 1. The second kappa shape index (κ2) is 18.0. The van der Waals surface area contributed by atoms with E-state index in [1.807, 2.05) is 12.1 Å². The number of hydrogen-bond acceptors (Lipinski definition) is 13. The summed E-state index contributed by atoms with van der Waals surface area (Å²) in [5, 5.41) is 11.8. The molecule has 2 saturated carbocycles. The lowest BCUT2D eigenvalue weighted by atomic mass is 9.97. The molecule has 1 atom stereocenters. The topological polar surface area (TPSA) is 186 Å². The van der Waals surface area contributed by atoms with Gasteiger partial charge in [0, 0.05) is 48.9 Å². The Morgan fingerprint density at radius 3 is 2.26 bits per heavy atom. The van der Waals surface area contributed by atoms with E-state index in [0.29, 0.717) is 43.2 Å². The van der Waals surface area contributed by atoms with Crippen molar-refractivity contribution in [2.45, 2.75) is 62.7 Å². The molecule has 1 aliphatic heterocycles. The summed E-state index contributed by atoms with van der Waals surface area (Å²) in [7, 11) is 1.17. The number of halogens is 4. The predicted molar refractivity (Wildman–Crippen MR) is 201 cm³/mol. The number of carbonyl (C=O) groups is 4. The summed E-state index contributed by atoms with van der Waals surface area (Å²) < 4.78 is 54.0. The van der Waals surface area contributed by atoms with E-state index in [2.05, 4.69) is 41.1 Å². The number of morpholine rings is 1. The molecule has 2 amide bonds. The van der Waals surface area contributed by atoms with Crippen LogP contribution in [0.2, 0.25) is 5.02 Å². The van der Waals surface area contributed by atoms with Crippen LogP contribution in [0.4, 0.5) is 30.8 Å². The number of hydrogen-bond donors (Lipinski definition) is 4. The zero-order valence-corrected chi connectivity index (χ0v) is 32.0. The van der Waals surface area contributed by atoms with E-state index in [0.717, 1.165) is 38.0 Å². The van der Waals surface area contributed by atoms with E-state index in [4.69, 9.17) is 25.8 Å². The van der Waals surface area contributed by atoms with E-state index in [-0.39, 0.29) is 42.3 Å². The predicted octanol–water partition coefficient (Wildman–Crippen LogP) is 4.55. The summed E-state index contributed by atoms with van der Waals surface area (Å²) in [5.74, 6) is -2.79. The number of carbonyl (C=O) groups excluding carboxylic acids is 4. The molecule has 2 aliphatic carbocycles. The molecule has 57 heavy (non-hydrogen) atoms. The molecule has 6 rings (SSSR count). The molecule has 3 fully saturated rings. The number of benzene rings is 2. The van der Waals surface area contributed by atoms with Gasteiger partial charge in [-0.3, -0.25) is 19.3 Å². The normalized spacial score (nSPS) is 17.4. The van der Waals surface area contributed by atoms with Gasteiger partial charge in [0.1, 0.15) is 6.04 Å². The van der Waals surface area contributed by atoms with Crippen molar-refractivity contribution in [3.8, 4) is 6.01 Å². The smallest absolute Gasteiger partial charge is 0.422 e. The summed E-state index contributed by atoms with van der Waals surface area (Å²) in [6.07, 6.45) is -0.437. The monoisotopic (exact) mass is 816 g/mol. The maximum Gasteiger partial charge on any atom is 0.422 e. The molecule has 2 aromatic carbocycles. The molecule has 306 valence electrons. The van der Waals surface area contributed by atoms with Gasteiger partial charge in [-0.1, -0.05) is 23.7 Å². The number of Topliss-reactive ketones (excluding diaryl/α,β-unsaturated/α-hetero) is 1. The molecule has 1 saturated heterocycles. The lowest BCUT2D eigenvalue weighted by Crippen LogP contribution is -2.44. The summed E-state index contributed by atoms with van der Waals surface area (Å²) in [6, 6.07) is 11.4. The van der Waals surface area contributed by atoms with Crippen LogP contribution in [-0.4, -0.2) is 109 Å². The van der Waals surface area contributed by atoms with Crippen molar-refractivity contribution in [2.75, 3.05) is 63.7 Å². The minimum Gasteiger partial charge on any atom is -0.467 e. The van der Waals surface area contributed by atoms with Crippen molar-refractivity contribution in [2.24, 2.45) is 5.41 Å². The summed E-state index contributed by atoms with van der Waals surface area (Å²) in [4.78, 5) is 65.6. The van der Waals surface area contributed by atoms with Gasteiger partial charge in [-0.25, -0.2) is 4.79 Å². The molecule has 3 aliphatic rings. The van der Waals surface area contributed by atoms with Crippen molar-refractivity contribution in [3.63, 3.8) is 0 Å². The second-order valence-corrected chi connectivity index (χ2v) is 14.9. The number of amides is 2. The van der Waals surface area contributed by atoms with Crippen molar-refractivity contribution in [1.29, 1.82) is 0 Å². The first-order chi connectivity index (χ1) is 27.2. The molecule has 0 bridgehead atoms. The van der Waals surface area contributed by atoms with Crippen LogP contribution in [0.1, 0.15) is 60.9 Å². The van der Waals surface area contributed by atoms with E-state index < -0.39 is 53.9 Å². The van der Waals surface area contributed by atoms with Crippen LogP contribution in [0, 0.1) is 5.41 Å². The maximum atomic E-state index is 13.1. The minimum absolute atomic E-state index is 0.0198. The van der Waals surface area contributed by atoms with Crippen LogP contribution in [0.15, 0.2) is 48.5 Å². The number of ketones is 1. The molecular formula is C38H44ClF3N8O7. The largest absolute Gasteiger partial charge is 0.467 e. The average molecular weight is 817 g/mol. The van der Waals surface area contributed by atoms with Gasteiger partial charge in [0.25, 0.3) is 11.8 Å². The molecular weight excluding hydrogens is 773 g/mol. The molecule has 19 heteroatoms. The van der Waals surface area contributed by atoms with Gasteiger partial charge >= 0.3 is 18.2 Å². The fourth-order valence-corrected chi connectivity index (χ4v) is 6.68. The van der Waals surface area contributed by atoms with Gasteiger partial charge in [-0.2, -0.15) is 28.1 Å². The molecule has 2 heterocycles. The first kappa shape index (κ1) is 41.6. The summed E-state index contributed by atoms with van der Waals surface area (Å²) >= 11 is 6.04. The van der Waals surface area contributed by atoms with Gasteiger partial charge in [0.15, 0.2) is 6.61 Å². The first-order valence-corrected chi connectivity index (χ1v) is 19.0. The molecule has 15 nitrogen and oxygen atoms in total. The first-order valence-electron chi connectivity index (χ1n) is 18.6. The Hall–Kier alpha value is -5.07. The molecule has 1 aromatic heterocycles. The molecule has 0 spiro atoms. The number of anilines is 3. The van der Waals surface area contributed by atoms with Gasteiger partial charge in [-0.05, 0) is 85.9 Å². The molecule has 4 N–H and O–H groups in total. The van der Waals surface area contributed by atoms with Crippen LogP contribution < -0.4 is 26.0 Å².